The van der Waals surface area contributed by atoms with E-state index in [0.29, 0.717) is 17.5 Å². The minimum atomic E-state index is 0.638. The SMILES string of the molecule is c1ccc(-c2nc(-c3ccccc3)nc(-c3ccc(-c4c5cc(-c6cccc7c6oc6ccccc67)ccc5n5c4sc4ccccc45)cc3)n2)cc1. The molecule has 0 aliphatic heterocycles. The third kappa shape index (κ3) is 4.80. The maximum atomic E-state index is 6.48. The summed E-state index contributed by atoms with van der Waals surface area (Å²) in [6.07, 6.45) is 0. The molecular formula is C47H28N4OS. The summed E-state index contributed by atoms with van der Waals surface area (Å²) < 4.78 is 10.1. The summed E-state index contributed by atoms with van der Waals surface area (Å²) in [6, 6.07) is 59.0. The number of furan rings is 1. The summed E-state index contributed by atoms with van der Waals surface area (Å²) in [5.74, 6) is 1.94. The molecular weight excluding hydrogens is 669 g/mol. The highest BCUT2D eigenvalue weighted by molar-refractivity contribution is 7.24. The molecule has 248 valence electrons. The van der Waals surface area contributed by atoms with Crippen LogP contribution >= 0.6 is 11.3 Å². The van der Waals surface area contributed by atoms with Crippen molar-refractivity contribution in [3.63, 3.8) is 0 Å². The summed E-state index contributed by atoms with van der Waals surface area (Å²) in [6.45, 7) is 0. The Kier molecular flexibility index (Phi) is 6.66. The number of hydrogen-bond donors (Lipinski definition) is 0. The number of nitrogens with zero attached hydrogens (tertiary/aromatic N) is 4. The molecule has 0 atom stereocenters. The average Bonchev–Trinajstić information content (AvgIpc) is 3.90. The van der Waals surface area contributed by atoms with E-state index < -0.39 is 0 Å². The lowest BCUT2D eigenvalue weighted by Gasteiger charge is -2.09. The second kappa shape index (κ2) is 11.8. The lowest BCUT2D eigenvalue weighted by atomic mass is 9.98. The first-order valence-corrected chi connectivity index (χ1v) is 18.4. The minimum absolute atomic E-state index is 0.638. The van der Waals surface area contributed by atoms with Gasteiger partial charge in [0.1, 0.15) is 16.0 Å². The van der Waals surface area contributed by atoms with Gasteiger partial charge in [0.2, 0.25) is 0 Å². The van der Waals surface area contributed by atoms with Crippen molar-refractivity contribution >= 4 is 59.2 Å². The highest BCUT2D eigenvalue weighted by Gasteiger charge is 2.21. The molecule has 0 amide bonds. The first-order valence-electron chi connectivity index (χ1n) is 17.6. The molecule has 0 unspecified atom stereocenters. The molecule has 0 aliphatic rings. The Labute approximate surface area is 308 Å². The Morgan fingerprint density at radius 2 is 1.02 bits per heavy atom. The number of hydrogen-bond acceptors (Lipinski definition) is 5. The van der Waals surface area contributed by atoms with Crippen molar-refractivity contribution in [3.05, 3.63) is 170 Å². The zero-order chi connectivity index (χ0) is 34.9. The topological polar surface area (TPSA) is 56.2 Å². The summed E-state index contributed by atoms with van der Waals surface area (Å²) in [7, 11) is 0. The molecule has 0 bridgehead atoms. The first kappa shape index (κ1) is 29.8. The standard InChI is InChI=1S/C47H28N4OS/c1-3-12-30(13-4-1)44-48-45(31-14-5-2-6-15-31)50-46(49-44)32-24-22-29(23-25-32)42-37-28-33(26-27-38(37)51-39-19-8-10-21-41(39)53-47(42)51)34-17-11-18-36-35-16-7-9-20-40(35)52-43(34)36/h1-28H. The van der Waals surface area contributed by atoms with Crippen LogP contribution in [0, 0.1) is 0 Å². The van der Waals surface area contributed by atoms with Crippen LogP contribution in [0.4, 0.5) is 0 Å². The molecule has 0 aliphatic carbocycles. The van der Waals surface area contributed by atoms with Gasteiger partial charge in [-0.15, -0.1) is 11.3 Å². The predicted molar refractivity (Wildman–Crippen MR) is 218 cm³/mol. The fourth-order valence-corrected chi connectivity index (χ4v) is 8.82. The van der Waals surface area contributed by atoms with Crippen molar-refractivity contribution in [1.29, 1.82) is 0 Å². The minimum Gasteiger partial charge on any atom is -0.455 e. The highest BCUT2D eigenvalue weighted by Crippen LogP contribution is 2.44. The summed E-state index contributed by atoms with van der Waals surface area (Å²) in [5, 5.41) is 3.45. The molecule has 4 heterocycles. The Balaban J connectivity index is 1.09. The van der Waals surface area contributed by atoms with E-state index in [1.807, 2.05) is 84.1 Å². The smallest absolute Gasteiger partial charge is 0.164 e. The van der Waals surface area contributed by atoms with Gasteiger partial charge in [-0.2, -0.15) is 0 Å². The number of benzene rings is 7. The second-order valence-corrected chi connectivity index (χ2v) is 14.2. The van der Waals surface area contributed by atoms with E-state index >= 15 is 0 Å². The van der Waals surface area contributed by atoms with Crippen molar-refractivity contribution in [3.8, 4) is 56.4 Å². The van der Waals surface area contributed by atoms with Crippen LogP contribution in [0.5, 0.6) is 0 Å². The Hall–Kier alpha value is -6.89. The average molecular weight is 697 g/mol. The molecule has 0 N–H and O–H groups in total. The molecule has 4 aromatic heterocycles. The monoisotopic (exact) mass is 696 g/mol. The van der Waals surface area contributed by atoms with Crippen molar-refractivity contribution in [2.75, 3.05) is 0 Å². The highest BCUT2D eigenvalue weighted by atomic mass is 32.1. The molecule has 6 heteroatoms. The van der Waals surface area contributed by atoms with E-state index in [1.165, 1.54) is 31.5 Å². The van der Waals surface area contributed by atoms with Gasteiger partial charge < -0.3 is 4.42 Å². The summed E-state index contributed by atoms with van der Waals surface area (Å²) in [5.41, 5.74) is 11.6. The van der Waals surface area contributed by atoms with E-state index in [1.54, 1.807) is 0 Å². The number of para-hydroxylation sites is 3. The fraction of sp³-hybridized carbons (Fsp3) is 0. The normalized spacial score (nSPS) is 11.8. The van der Waals surface area contributed by atoms with Gasteiger partial charge >= 0.3 is 0 Å². The van der Waals surface area contributed by atoms with Gasteiger partial charge in [0.05, 0.1) is 15.7 Å². The van der Waals surface area contributed by atoms with Crippen molar-refractivity contribution in [1.82, 2.24) is 19.4 Å². The van der Waals surface area contributed by atoms with Gasteiger partial charge in [0.25, 0.3) is 0 Å². The van der Waals surface area contributed by atoms with Gasteiger partial charge in [-0.1, -0.05) is 140 Å². The van der Waals surface area contributed by atoms with Crippen LogP contribution in [-0.2, 0) is 0 Å². The molecule has 0 fully saturated rings. The quantitative estimate of drug-likeness (QED) is 0.180. The number of thiazole rings is 1. The van der Waals surface area contributed by atoms with Crippen LogP contribution in [0.2, 0.25) is 0 Å². The van der Waals surface area contributed by atoms with Gasteiger partial charge in [0, 0.05) is 44.0 Å². The molecule has 11 rings (SSSR count). The van der Waals surface area contributed by atoms with Crippen molar-refractivity contribution in [2.24, 2.45) is 0 Å². The lowest BCUT2D eigenvalue weighted by Crippen LogP contribution is -2.00. The molecule has 7 aromatic carbocycles. The molecule has 0 radical (unpaired) electrons. The van der Waals surface area contributed by atoms with E-state index in [0.717, 1.165) is 55.3 Å². The third-order valence-electron chi connectivity index (χ3n) is 10.1. The molecule has 11 aromatic rings. The Bertz CT molecular complexity index is 3100. The number of rotatable bonds is 5. The zero-order valence-corrected chi connectivity index (χ0v) is 29.1. The van der Waals surface area contributed by atoms with Crippen LogP contribution in [0.25, 0.3) is 104 Å². The number of aromatic nitrogens is 4. The van der Waals surface area contributed by atoms with Crippen LogP contribution in [0.15, 0.2) is 174 Å². The lowest BCUT2D eigenvalue weighted by molar-refractivity contribution is 0.670. The van der Waals surface area contributed by atoms with E-state index in [2.05, 4.69) is 101 Å². The third-order valence-corrected chi connectivity index (χ3v) is 11.2. The zero-order valence-electron chi connectivity index (χ0n) is 28.3. The Morgan fingerprint density at radius 3 is 1.75 bits per heavy atom. The first-order chi connectivity index (χ1) is 26.3. The predicted octanol–water partition coefficient (Wildman–Crippen LogP) is 12.7. The largest absolute Gasteiger partial charge is 0.455 e. The maximum absolute atomic E-state index is 6.48. The Morgan fingerprint density at radius 1 is 0.434 bits per heavy atom. The van der Waals surface area contributed by atoms with Gasteiger partial charge in [0.15, 0.2) is 17.5 Å². The maximum Gasteiger partial charge on any atom is 0.164 e. The van der Waals surface area contributed by atoms with Crippen LogP contribution < -0.4 is 0 Å². The van der Waals surface area contributed by atoms with Gasteiger partial charge in [-0.25, -0.2) is 15.0 Å². The summed E-state index contributed by atoms with van der Waals surface area (Å²) in [4.78, 5) is 16.0. The van der Waals surface area contributed by atoms with Gasteiger partial charge in [-0.05, 0) is 41.5 Å². The molecule has 0 saturated heterocycles. The van der Waals surface area contributed by atoms with Crippen LogP contribution in [-0.4, -0.2) is 19.4 Å². The van der Waals surface area contributed by atoms with E-state index in [9.17, 15) is 0 Å². The van der Waals surface area contributed by atoms with Crippen LogP contribution in [0.1, 0.15) is 0 Å². The molecule has 5 nitrogen and oxygen atoms in total. The van der Waals surface area contributed by atoms with E-state index in [4.69, 9.17) is 19.4 Å². The summed E-state index contributed by atoms with van der Waals surface area (Å²) >= 11 is 1.83. The molecule has 53 heavy (non-hydrogen) atoms. The van der Waals surface area contributed by atoms with Gasteiger partial charge in [-0.3, -0.25) is 4.40 Å². The van der Waals surface area contributed by atoms with Crippen LogP contribution in [0.3, 0.4) is 0 Å². The molecule has 0 saturated carbocycles. The van der Waals surface area contributed by atoms with Crippen molar-refractivity contribution in [2.45, 2.75) is 0 Å². The van der Waals surface area contributed by atoms with E-state index in [-0.39, 0.29) is 0 Å². The fourth-order valence-electron chi connectivity index (χ4n) is 7.58. The number of fused-ring (bicyclic) bond motifs is 8. The molecule has 0 spiro atoms. The van der Waals surface area contributed by atoms with Crippen molar-refractivity contribution < 1.29 is 4.42 Å². The second-order valence-electron chi connectivity index (χ2n) is 13.2.